The normalized spacial score (nSPS) is 10.6. The first-order valence-electron chi connectivity index (χ1n) is 7.54. The Bertz CT molecular complexity index is 695. The van der Waals surface area contributed by atoms with E-state index in [1.54, 1.807) is 0 Å². The van der Waals surface area contributed by atoms with Gasteiger partial charge in [-0.3, -0.25) is 0 Å². The SMILES string of the molecule is CCN(CCc1nnc(-c2ccccc2)o1)c1ccccc1. The zero-order valence-electron chi connectivity index (χ0n) is 12.6. The summed E-state index contributed by atoms with van der Waals surface area (Å²) in [6, 6.07) is 20.2. The fourth-order valence-corrected chi connectivity index (χ4v) is 2.39. The molecule has 0 aliphatic rings. The van der Waals surface area contributed by atoms with E-state index in [0.717, 1.165) is 25.1 Å². The van der Waals surface area contributed by atoms with Crippen LogP contribution in [0.15, 0.2) is 65.1 Å². The zero-order valence-corrected chi connectivity index (χ0v) is 12.6. The number of hydrogen-bond acceptors (Lipinski definition) is 4. The molecule has 0 radical (unpaired) electrons. The molecular formula is C18H19N3O. The van der Waals surface area contributed by atoms with Crippen molar-refractivity contribution in [1.29, 1.82) is 0 Å². The van der Waals surface area contributed by atoms with Gasteiger partial charge in [0.1, 0.15) is 0 Å². The molecule has 0 saturated carbocycles. The van der Waals surface area contributed by atoms with E-state index in [-0.39, 0.29) is 0 Å². The lowest BCUT2D eigenvalue weighted by atomic mass is 10.2. The molecule has 0 spiro atoms. The van der Waals surface area contributed by atoms with Gasteiger partial charge >= 0.3 is 0 Å². The van der Waals surface area contributed by atoms with Crippen LogP contribution >= 0.6 is 0 Å². The fraction of sp³-hybridized carbons (Fsp3) is 0.222. The largest absolute Gasteiger partial charge is 0.421 e. The van der Waals surface area contributed by atoms with Gasteiger partial charge in [-0.05, 0) is 31.2 Å². The first kappa shape index (κ1) is 14.3. The van der Waals surface area contributed by atoms with E-state index in [9.17, 15) is 0 Å². The number of anilines is 1. The van der Waals surface area contributed by atoms with E-state index in [2.05, 4.69) is 46.3 Å². The van der Waals surface area contributed by atoms with Crippen molar-refractivity contribution in [3.8, 4) is 11.5 Å². The molecule has 3 aromatic rings. The number of para-hydroxylation sites is 1. The molecule has 0 aliphatic carbocycles. The van der Waals surface area contributed by atoms with Gasteiger partial charge in [0.15, 0.2) is 0 Å². The maximum Gasteiger partial charge on any atom is 0.247 e. The van der Waals surface area contributed by atoms with Gasteiger partial charge in [0.2, 0.25) is 11.8 Å². The van der Waals surface area contributed by atoms with Gasteiger partial charge in [-0.1, -0.05) is 36.4 Å². The Kier molecular flexibility index (Phi) is 4.49. The van der Waals surface area contributed by atoms with Crippen molar-refractivity contribution in [1.82, 2.24) is 10.2 Å². The van der Waals surface area contributed by atoms with E-state index in [4.69, 9.17) is 4.42 Å². The third-order valence-electron chi connectivity index (χ3n) is 3.59. The second kappa shape index (κ2) is 6.89. The highest BCUT2D eigenvalue weighted by Gasteiger charge is 2.10. The third-order valence-corrected chi connectivity index (χ3v) is 3.59. The van der Waals surface area contributed by atoms with Crippen molar-refractivity contribution in [2.24, 2.45) is 0 Å². The van der Waals surface area contributed by atoms with Crippen LogP contribution in [0.2, 0.25) is 0 Å². The predicted molar refractivity (Wildman–Crippen MR) is 87.8 cm³/mol. The molecule has 4 nitrogen and oxygen atoms in total. The van der Waals surface area contributed by atoms with Crippen LogP contribution < -0.4 is 4.90 Å². The number of benzene rings is 2. The quantitative estimate of drug-likeness (QED) is 0.693. The van der Waals surface area contributed by atoms with Gasteiger partial charge in [-0.25, -0.2) is 0 Å². The summed E-state index contributed by atoms with van der Waals surface area (Å²) in [5, 5.41) is 8.28. The van der Waals surface area contributed by atoms with E-state index in [1.807, 2.05) is 36.4 Å². The smallest absolute Gasteiger partial charge is 0.247 e. The summed E-state index contributed by atoms with van der Waals surface area (Å²) in [5.41, 5.74) is 2.17. The molecular weight excluding hydrogens is 274 g/mol. The molecule has 22 heavy (non-hydrogen) atoms. The Morgan fingerprint density at radius 3 is 2.27 bits per heavy atom. The number of nitrogens with zero attached hydrogens (tertiary/aromatic N) is 3. The number of likely N-dealkylation sites (N-methyl/N-ethyl adjacent to an activating group) is 1. The van der Waals surface area contributed by atoms with E-state index in [1.165, 1.54) is 5.69 Å². The molecule has 0 aliphatic heterocycles. The highest BCUT2D eigenvalue weighted by atomic mass is 16.4. The lowest BCUT2D eigenvalue weighted by Gasteiger charge is -2.22. The van der Waals surface area contributed by atoms with E-state index < -0.39 is 0 Å². The van der Waals surface area contributed by atoms with Crippen LogP contribution in [0.1, 0.15) is 12.8 Å². The van der Waals surface area contributed by atoms with Gasteiger partial charge in [0.25, 0.3) is 0 Å². The first-order chi connectivity index (χ1) is 10.9. The van der Waals surface area contributed by atoms with E-state index >= 15 is 0 Å². The third kappa shape index (κ3) is 3.34. The lowest BCUT2D eigenvalue weighted by Crippen LogP contribution is -2.25. The minimum atomic E-state index is 0.582. The predicted octanol–water partition coefficient (Wildman–Crippen LogP) is 3.81. The average Bonchev–Trinajstić information content (AvgIpc) is 3.06. The highest BCUT2D eigenvalue weighted by Crippen LogP contribution is 2.18. The Morgan fingerprint density at radius 1 is 0.909 bits per heavy atom. The van der Waals surface area contributed by atoms with Gasteiger partial charge < -0.3 is 9.32 Å². The van der Waals surface area contributed by atoms with Crippen molar-refractivity contribution in [2.45, 2.75) is 13.3 Å². The second-order valence-electron chi connectivity index (χ2n) is 5.03. The summed E-state index contributed by atoms with van der Waals surface area (Å²) in [4.78, 5) is 2.30. The maximum absolute atomic E-state index is 5.75. The maximum atomic E-state index is 5.75. The second-order valence-corrected chi connectivity index (χ2v) is 5.03. The Morgan fingerprint density at radius 2 is 1.59 bits per heavy atom. The molecule has 3 rings (SSSR count). The molecule has 1 aromatic heterocycles. The van der Waals surface area contributed by atoms with Gasteiger partial charge in [-0.2, -0.15) is 0 Å². The van der Waals surface area contributed by atoms with Gasteiger partial charge in [-0.15, -0.1) is 10.2 Å². The summed E-state index contributed by atoms with van der Waals surface area (Å²) in [7, 11) is 0. The summed E-state index contributed by atoms with van der Waals surface area (Å²) < 4.78 is 5.75. The molecule has 0 saturated heterocycles. The summed E-state index contributed by atoms with van der Waals surface area (Å²) in [5.74, 6) is 1.26. The van der Waals surface area contributed by atoms with Crippen LogP contribution in [0.3, 0.4) is 0 Å². The number of rotatable bonds is 6. The van der Waals surface area contributed by atoms with Crippen molar-refractivity contribution in [3.05, 3.63) is 66.6 Å². The molecule has 0 N–H and O–H groups in total. The van der Waals surface area contributed by atoms with Crippen LogP contribution in [0, 0.1) is 0 Å². The van der Waals surface area contributed by atoms with Crippen LogP contribution in [-0.2, 0) is 6.42 Å². The molecule has 112 valence electrons. The highest BCUT2D eigenvalue weighted by molar-refractivity contribution is 5.51. The molecule has 1 heterocycles. The van der Waals surface area contributed by atoms with Crippen molar-refractivity contribution in [3.63, 3.8) is 0 Å². The lowest BCUT2D eigenvalue weighted by molar-refractivity contribution is 0.503. The molecule has 0 atom stereocenters. The van der Waals surface area contributed by atoms with Crippen molar-refractivity contribution < 1.29 is 4.42 Å². The van der Waals surface area contributed by atoms with Crippen molar-refractivity contribution in [2.75, 3.05) is 18.0 Å². The summed E-state index contributed by atoms with van der Waals surface area (Å²) in [6.07, 6.45) is 0.739. The Hall–Kier alpha value is -2.62. The average molecular weight is 293 g/mol. The van der Waals surface area contributed by atoms with Crippen LogP contribution in [0.5, 0.6) is 0 Å². The molecule has 0 amide bonds. The molecule has 4 heteroatoms. The molecule has 0 unspecified atom stereocenters. The summed E-state index contributed by atoms with van der Waals surface area (Å²) in [6.45, 7) is 3.96. The molecule has 0 fully saturated rings. The van der Waals surface area contributed by atoms with Crippen LogP contribution in [0.4, 0.5) is 5.69 Å². The summed E-state index contributed by atoms with van der Waals surface area (Å²) >= 11 is 0. The number of hydrogen-bond donors (Lipinski definition) is 0. The Labute approximate surface area is 130 Å². The van der Waals surface area contributed by atoms with E-state index in [0.29, 0.717) is 11.8 Å². The topological polar surface area (TPSA) is 42.2 Å². The minimum absolute atomic E-state index is 0.582. The fourth-order valence-electron chi connectivity index (χ4n) is 2.39. The molecule has 2 aromatic carbocycles. The van der Waals surface area contributed by atoms with Crippen LogP contribution in [0.25, 0.3) is 11.5 Å². The number of aromatic nitrogens is 2. The monoisotopic (exact) mass is 293 g/mol. The molecule has 0 bridgehead atoms. The van der Waals surface area contributed by atoms with Gasteiger partial charge in [0.05, 0.1) is 0 Å². The Balaban J connectivity index is 1.65. The van der Waals surface area contributed by atoms with Crippen molar-refractivity contribution >= 4 is 5.69 Å². The van der Waals surface area contributed by atoms with Gasteiger partial charge in [0, 0.05) is 30.8 Å². The standard InChI is InChI=1S/C18H19N3O/c1-2-21(16-11-7-4-8-12-16)14-13-17-19-20-18(22-17)15-9-5-3-6-10-15/h3-12H,2,13-14H2,1H3. The zero-order chi connectivity index (χ0) is 15.2. The first-order valence-corrected chi connectivity index (χ1v) is 7.54. The van der Waals surface area contributed by atoms with Crippen LogP contribution in [-0.4, -0.2) is 23.3 Å². The minimum Gasteiger partial charge on any atom is -0.421 e.